The van der Waals surface area contributed by atoms with Gasteiger partial charge in [0.05, 0.1) is 6.61 Å². The molecule has 0 amide bonds. The molecule has 0 spiro atoms. The average molecular weight is 202 g/mol. The molecule has 0 aliphatic rings. The van der Waals surface area contributed by atoms with Crippen LogP contribution < -0.4 is 5.32 Å². The van der Waals surface area contributed by atoms with E-state index in [1.165, 1.54) is 0 Å². The van der Waals surface area contributed by atoms with E-state index in [0.717, 1.165) is 13.1 Å². The van der Waals surface area contributed by atoms with E-state index in [1.54, 1.807) is 0 Å². The summed E-state index contributed by atoms with van der Waals surface area (Å²) >= 11 is 0. The molecule has 84 valence electrons. The van der Waals surface area contributed by atoms with Gasteiger partial charge in [-0.15, -0.1) is 0 Å². The van der Waals surface area contributed by atoms with Crippen LogP contribution >= 0.6 is 0 Å². The standard InChI is InChI=1S/C10H22N2O2/c1-6-14-9(13)10(2,3)11-7-8-12(4)5/h11H,6-8H2,1-5H3. The molecule has 0 heterocycles. The maximum absolute atomic E-state index is 11.4. The van der Waals surface area contributed by atoms with Gasteiger partial charge >= 0.3 is 5.97 Å². The molecule has 0 aliphatic carbocycles. The molecule has 1 N–H and O–H groups in total. The van der Waals surface area contributed by atoms with Crippen LogP contribution in [0.1, 0.15) is 20.8 Å². The van der Waals surface area contributed by atoms with Gasteiger partial charge in [0.2, 0.25) is 0 Å². The van der Waals surface area contributed by atoms with Crippen molar-refractivity contribution in [2.24, 2.45) is 0 Å². The first kappa shape index (κ1) is 13.4. The van der Waals surface area contributed by atoms with Crippen molar-refractivity contribution in [3.05, 3.63) is 0 Å². The summed E-state index contributed by atoms with van der Waals surface area (Å²) in [6.07, 6.45) is 0. The van der Waals surface area contributed by atoms with E-state index in [-0.39, 0.29) is 5.97 Å². The number of carbonyl (C=O) groups excluding carboxylic acids is 1. The van der Waals surface area contributed by atoms with Crippen LogP contribution in [0, 0.1) is 0 Å². The molecule has 0 aromatic heterocycles. The van der Waals surface area contributed by atoms with Gasteiger partial charge in [0.15, 0.2) is 0 Å². The molecule has 0 aliphatic heterocycles. The number of esters is 1. The van der Waals surface area contributed by atoms with Crippen LogP contribution in [0.2, 0.25) is 0 Å². The lowest BCUT2D eigenvalue weighted by atomic mass is 10.1. The molecule has 0 rings (SSSR count). The highest BCUT2D eigenvalue weighted by Gasteiger charge is 2.27. The smallest absolute Gasteiger partial charge is 0.325 e. The van der Waals surface area contributed by atoms with Gasteiger partial charge in [-0.05, 0) is 34.9 Å². The topological polar surface area (TPSA) is 41.6 Å². The Bertz CT molecular complexity index is 179. The van der Waals surface area contributed by atoms with E-state index in [2.05, 4.69) is 10.2 Å². The summed E-state index contributed by atoms with van der Waals surface area (Å²) < 4.78 is 4.95. The fourth-order valence-electron chi connectivity index (χ4n) is 0.976. The molecule has 0 fully saturated rings. The summed E-state index contributed by atoms with van der Waals surface area (Å²) in [4.78, 5) is 13.5. The van der Waals surface area contributed by atoms with Crippen molar-refractivity contribution in [3.8, 4) is 0 Å². The lowest BCUT2D eigenvalue weighted by molar-refractivity contribution is -0.149. The van der Waals surface area contributed by atoms with Crippen LogP contribution in [0.4, 0.5) is 0 Å². The first-order chi connectivity index (χ1) is 6.40. The Kier molecular flexibility index (Phi) is 5.72. The predicted octanol–water partition coefficient (Wildman–Crippen LogP) is 0.479. The van der Waals surface area contributed by atoms with Gasteiger partial charge in [-0.2, -0.15) is 0 Å². The van der Waals surface area contributed by atoms with E-state index >= 15 is 0 Å². The third-order valence-corrected chi connectivity index (χ3v) is 1.91. The monoisotopic (exact) mass is 202 g/mol. The Morgan fingerprint density at radius 1 is 1.43 bits per heavy atom. The lowest BCUT2D eigenvalue weighted by Gasteiger charge is -2.24. The van der Waals surface area contributed by atoms with E-state index in [4.69, 9.17) is 4.74 Å². The number of likely N-dealkylation sites (N-methyl/N-ethyl adjacent to an activating group) is 1. The summed E-state index contributed by atoms with van der Waals surface area (Å²) in [5.74, 6) is -0.196. The minimum Gasteiger partial charge on any atom is -0.465 e. The Hall–Kier alpha value is -0.610. The van der Waals surface area contributed by atoms with Crippen LogP contribution in [0.3, 0.4) is 0 Å². The molecule has 0 aromatic carbocycles. The van der Waals surface area contributed by atoms with Crippen LogP contribution in [-0.2, 0) is 9.53 Å². The first-order valence-corrected chi connectivity index (χ1v) is 4.97. The molecule has 0 atom stereocenters. The minimum atomic E-state index is -0.591. The number of carbonyl (C=O) groups is 1. The van der Waals surface area contributed by atoms with Crippen molar-refractivity contribution in [2.45, 2.75) is 26.3 Å². The van der Waals surface area contributed by atoms with E-state index in [9.17, 15) is 4.79 Å². The van der Waals surface area contributed by atoms with Gasteiger partial charge in [-0.1, -0.05) is 0 Å². The molecule has 4 heteroatoms. The summed E-state index contributed by atoms with van der Waals surface area (Å²) in [6, 6.07) is 0. The van der Waals surface area contributed by atoms with Crippen molar-refractivity contribution in [1.82, 2.24) is 10.2 Å². The number of nitrogens with one attached hydrogen (secondary N) is 1. The highest BCUT2D eigenvalue weighted by Crippen LogP contribution is 2.04. The van der Waals surface area contributed by atoms with Gasteiger partial charge < -0.3 is 15.0 Å². The number of nitrogens with zero attached hydrogens (tertiary/aromatic N) is 1. The molecular weight excluding hydrogens is 180 g/mol. The van der Waals surface area contributed by atoms with Crippen LogP contribution in [-0.4, -0.2) is 50.2 Å². The summed E-state index contributed by atoms with van der Waals surface area (Å²) in [5, 5.41) is 3.16. The minimum absolute atomic E-state index is 0.196. The second-order valence-corrected chi connectivity index (χ2v) is 4.08. The zero-order valence-corrected chi connectivity index (χ0v) is 9.89. The highest BCUT2D eigenvalue weighted by molar-refractivity contribution is 5.79. The summed E-state index contributed by atoms with van der Waals surface area (Å²) in [6.45, 7) is 7.59. The fraction of sp³-hybridized carbons (Fsp3) is 0.900. The number of hydrogen-bond acceptors (Lipinski definition) is 4. The molecule has 14 heavy (non-hydrogen) atoms. The molecule has 0 bridgehead atoms. The van der Waals surface area contributed by atoms with E-state index in [0.29, 0.717) is 6.61 Å². The molecule has 0 saturated carbocycles. The second kappa shape index (κ2) is 5.98. The van der Waals surface area contributed by atoms with Gasteiger partial charge in [0, 0.05) is 13.1 Å². The van der Waals surface area contributed by atoms with Crippen molar-refractivity contribution in [3.63, 3.8) is 0 Å². The van der Waals surface area contributed by atoms with Crippen LogP contribution in [0.15, 0.2) is 0 Å². The Labute approximate surface area is 86.6 Å². The lowest BCUT2D eigenvalue weighted by Crippen LogP contribution is -2.49. The molecule has 0 unspecified atom stereocenters. The normalized spacial score (nSPS) is 11.9. The zero-order chi connectivity index (χ0) is 11.2. The van der Waals surface area contributed by atoms with Crippen molar-refractivity contribution < 1.29 is 9.53 Å². The molecule has 0 aromatic rings. The van der Waals surface area contributed by atoms with E-state index < -0.39 is 5.54 Å². The molecule has 0 saturated heterocycles. The van der Waals surface area contributed by atoms with Gasteiger partial charge in [0.1, 0.15) is 5.54 Å². The average Bonchev–Trinajstić information content (AvgIpc) is 2.03. The fourth-order valence-corrected chi connectivity index (χ4v) is 0.976. The van der Waals surface area contributed by atoms with Gasteiger partial charge in [0.25, 0.3) is 0 Å². The Morgan fingerprint density at radius 3 is 2.43 bits per heavy atom. The van der Waals surface area contributed by atoms with Crippen LogP contribution in [0.5, 0.6) is 0 Å². The summed E-state index contributed by atoms with van der Waals surface area (Å²) in [5.41, 5.74) is -0.591. The predicted molar refractivity (Wildman–Crippen MR) is 57.3 cm³/mol. The second-order valence-electron chi connectivity index (χ2n) is 4.08. The van der Waals surface area contributed by atoms with Gasteiger partial charge in [-0.3, -0.25) is 4.79 Å². The number of rotatable bonds is 6. The van der Waals surface area contributed by atoms with Crippen LogP contribution in [0.25, 0.3) is 0 Å². The SMILES string of the molecule is CCOC(=O)C(C)(C)NCCN(C)C. The Morgan fingerprint density at radius 2 is 2.00 bits per heavy atom. The first-order valence-electron chi connectivity index (χ1n) is 4.97. The number of hydrogen-bond donors (Lipinski definition) is 1. The molecule has 4 nitrogen and oxygen atoms in total. The summed E-state index contributed by atoms with van der Waals surface area (Å²) in [7, 11) is 4.00. The highest BCUT2D eigenvalue weighted by atomic mass is 16.5. The Balaban J connectivity index is 3.87. The van der Waals surface area contributed by atoms with Crippen molar-refractivity contribution in [1.29, 1.82) is 0 Å². The third-order valence-electron chi connectivity index (χ3n) is 1.91. The molecular formula is C10H22N2O2. The van der Waals surface area contributed by atoms with Crippen molar-refractivity contribution >= 4 is 5.97 Å². The van der Waals surface area contributed by atoms with Crippen molar-refractivity contribution in [2.75, 3.05) is 33.8 Å². The van der Waals surface area contributed by atoms with Gasteiger partial charge in [-0.25, -0.2) is 0 Å². The molecule has 0 radical (unpaired) electrons. The maximum atomic E-state index is 11.4. The largest absolute Gasteiger partial charge is 0.465 e. The third kappa shape index (κ3) is 5.19. The maximum Gasteiger partial charge on any atom is 0.325 e. The zero-order valence-electron chi connectivity index (χ0n) is 9.89. The quantitative estimate of drug-likeness (QED) is 0.636. The number of ether oxygens (including phenoxy) is 1. The van der Waals surface area contributed by atoms with E-state index in [1.807, 2.05) is 34.9 Å².